The number of amides is 2. The van der Waals surface area contributed by atoms with Crippen molar-refractivity contribution in [1.82, 2.24) is 15.4 Å². The highest BCUT2D eigenvalue weighted by molar-refractivity contribution is 7.89. The number of benzene rings is 2. The molecule has 3 rings (SSSR count). The average Bonchev–Trinajstić information content (AvgIpc) is 3.24. The number of aliphatic hydroxyl groups excluding tert-OH is 1. The number of hydrogen-bond donors (Lipinski definition) is 4. The molecule has 4 N–H and O–H groups in total. The van der Waals surface area contributed by atoms with Crippen molar-refractivity contribution in [2.24, 2.45) is 5.92 Å². The fourth-order valence-corrected chi connectivity index (χ4v) is 6.46. The molecule has 3 aromatic rings. The van der Waals surface area contributed by atoms with E-state index in [1.165, 1.54) is 11.3 Å². The van der Waals surface area contributed by atoms with Crippen LogP contribution in [0.3, 0.4) is 0 Å². The van der Waals surface area contributed by atoms with E-state index in [9.17, 15) is 27.5 Å². The Morgan fingerprint density at radius 3 is 2.55 bits per heavy atom. The van der Waals surface area contributed by atoms with Gasteiger partial charge in [0.2, 0.25) is 21.8 Å². The zero-order valence-electron chi connectivity index (χ0n) is 21.0. The van der Waals surface area contributed by atoms with Gasteiger partial charge in [-0.05, 0) is 54.5 Å². The maximum Gasteiger partial charge on any atom is 0.242 e. The van der Waals surface area contributed by atoms with Crippen LogP contribution in [-0.4, -0.2) is 50.6 Å². The summed E-state index contributed by atoms with van der Waals surface area (Å²) in [6.07, 6.45) is -0.436. The number of rotatable bonds is 13. The molecule has 0 bridgehead atoms. The van der Waals surface area contributed by atoms with E-state index in [-0.39, 0.29) is 53.6 Å². The van der Waals surface area contributed by atoms with E-state index in [4.69, 9.17) is 11.6 Å². The molecule has 0 saturated heterocycles. The summed E-state index contributed by atoms with van der Waals surface area (Å²) in [5.74, 6) is -1.16. The predicted molar refractivity (Wildman–Crippen MR) is 147 cm³/mol. The molecular formula is C26H31ClFN3O5S2. The van der Waals surface area contributed by atoms with Crippen molar-refractivity contribution >= 4 is 54.9 Å². The van der Waals surface area contributed by atoms with Gasteiger partial charge in [0.15, 0.2) is 0 Å². The summed E-state index contributed by atoms with van der Waals surface area (Å²) in [5, 5.41) is 16.5. The van der Waals surface area contributed by atoms with Gasteiger partial charge in [-0.3, -0.25) is 9.59 Å². The number of carbonyl (C=O) groups excluding carboxylic acids is 2. The lowest BCUT2D eigenvalue weighted by Gasteiger charge is -2.20. The van der Waals surface area contributed by atoms with E-state index in [1.54, 1.807) is 0 Å². The van der Waals surface area contributed by atoms with Gasteiger partial charge in [-0.25, -0.2) is 17.5 Å². The number of carbonyl (C=O) groups is 2. The van der Waals surface area contributed by atoms with Crippen molar-refractivity contribution in [3.8, 4) is 0 Å². The second-order valence-electron chi connectivity index (χ2n) is 9.34. The Hall–Kier alpha value is -2.57. The van der Waals surface area contributed by atoms with Crippen molar-refractivity contribution in [2.75, 3.05) is 13.1 Å². The molecule has 206 valence electrons. The molecule has 2 amide bonds. The Kier molecular flexibility index (Phi) is 10.6. The highest BCUT2D eigenvalue weighted by Crippen LogP contribution is 2.25. The summed E-state index contributed by atoms with van der Waals surface area (Å²) < 4.78 is 41.3. The second kappa shape index (κ2) is 13.5. The number of sulfonamides is 1. The number of halogens is 2. The van der Waals surface area contributed by atoms with Gasteiger partial charge < -0.3 is 15.7 Å². The molecule has 0 aliphatic heterocycles. The first kappa shape index (κ1) is 30.0. The average molecular weight is 584 g/mol. The highest BCUT2D eigenvalue weighted by Gasteiger charge is 2.23. The minimum absolute atomic E-state index is 0.0650. The fraction of sp³-hybridized carbons (Fsp3) is 0.385. The molecule has 1 aromatic heterocycles. The van der Waals surface area contributed by atoms with Crippen LogP contribution >= 0.6 is 22.9 Å². The Bertz CT molecular complexity index is 1350. The van der Waals surface area contributed by atoms with Gasteiger partial charge in [0.05, 0.1) is 17.5 Å². The number of aliphatic hydroxyl groups is 1. The lowest BCUT2D eigenvalue weighted by Crippen LogP contribution is -2.48. The van der Waals surface area contributed by atoms with E-state index in [1.807, 2.05) is 44.2 Å². The van der Waals surface area contributed by atoms with Crippen LogP contribution in [0.2, 0.25) is 5.02 Å². The molecule has 0 aliphatic carbocycles. The molecule has 0 saturated carbocycles. The van der Waals surface area contributed by atoms with Crippen LogP contribution in [0.25, 0.3) is 10.1 Å². The van der Waals surface area contributed by atoms with Gasteiger partial charge in [-0.15, -0.1) is 11.3 Å². The van der Waals surface area contributed by atoms with Crippen LogP contribution in [0.1, 0.15) is 31.6 Å². The zero-order valence-corrected chi connectivity index (χ0v) is 23.4. The molecule has 0 aliphatic rings. The van der Waals surface area contributed by atoms with Crippen molar-refractivity contribution in [3.63, 3.8) is 0 Å². The lowest BCUT2D eigenvalue weighted by atomic mass is 10.0. The molecule has 38 heavy (non-hydrogen) atoms. The van der Waals surface area contributed by atoms with Crippen LogP contribution < -0.4 is 15.4 Å². The number of hydrogen-bond acceptors (Lipinski definition) is 6. The van der Waals surface area contributed by atoms with E-state index in [2.05, 4.69) is 15.4 Å². The first-order valence-electron chi connectivity index (χ1n) is 12.1. The summed E-state index contributed by atoms with van der Waals surface area (Å²) in [4.78, 5) is 26.1. The molecule has 12 heteroatoms. The number of nitrogens with one attached hydrogen (secondary N) is 3. The quantitative estimate of drug-likeness (QED) is 0.245. The summed E-state index contributed by atoms with van der Waals surface area (Å²) in [6, 6.07) is 12.0. The molecule has 0 unspecified atom stereocenters. The van der Waals surface area contributed by atoms with E-state index < -0.39 is 28.0 Å². The Morgan fingerprint density at radius 1 is 1.13 bits per heavy atom. The highest BCUT2D eigenvalue weighted by atomic mass is 35.5. The van der Waals surface area contributed by atoms with Gasteiger partial charge in [0, 0.05) is 22.7 Å². The maximum absolute atomic E-state index is 13.2. The molecule has 1 heterocycles. The normalized spacial score (nSPS) is 13.4. The van der Waals surface area contributed by atoms with Gasteiger partial charge >= 0.3 is 0 Å². The zero-order chi connectivity index (χ0) is 27.9. The first-order chi connectivity index (χ1) is 17.9. The molecule has 0 radical (unpaired) electrons. The van der Waals surface area contributed by atoms with Gasteiger partial charge in [-0.2, -0.15) is 0 Å². The SMILES string of the molecule is CC(C)C[C@H](NC(=O)Cc1cc2ccccc2s1)C(=O)NCC[C@H](O)CNS(=O)(=O)c1ccc(F)cc1Cl. The largest absolute Gasteiger partial charge is 0.392 e. The van der Waals surface area contributed by atoms with Crippen LogP contribution in [0, 0.1) is 11.7 Å². The lowest BCUT2D eigenvalue weighted by molar-refractivity contribution is -0.129. The van der Waals surface area contributed by atoms with Crippen LogP contribution in [0.15, 0.2) is 53.4 Å². The minimum atomic E-state index is -4.06. The molecule has 0 fully saturated rings. The number of fused-ring (bicyclic) bond motifs is 1. The van der Waals surface area contributed by atoms with E-state index >= 15 is 0 Å². The first-order valence-corrected chi connectivity index (χ1v) is 14.8. The summed E-state index contributed by atoms with van der Waals surface area (Å²) in [6.45, 7) is 3.64. The fourth-order valence-electron chi connectivity index (χ4n) is 3.79. The Labute approximate surface area is 230 Å². The minimum Gasteiger partial charge on any atom is -0.392 e. The van der Waals surface area contributed by atoms with E-state index in [0.717, 1.165) is 33.2 Å². The summed E-state index contributed by atoms with van der Waals surface area (Å²) >= 11 is 7.35. The monoisotopic (exact) mass is 583 g/mol. The van der Waals surface area contributed by atoms with Crippen molar-refractivity contribution in [1.29, 1.82) is 0 Å². The topological polar surface area (TPSA) is 125 Å². The van der Waals surface area contributed by atoms with Crippen LogP contribution in [0.5, 0.6) is 0 Å². The maximum atomic E-state index is 13.2. The second-order valence-corrected chi connectivity index (χ2v) is 12.6. The third kappa shape index (κ3) is 8.74. The van der Waals surface area contributed by atoms with Crippen LogP contribution in [-0.2, 0) is 26.0 Å². The standard InChI is InChI=1S/C26H31ClFN3O5S2/c1-16(2)11-22(31-25(33)14-20-12-17-5-3-4-6-23(17)37-20)26(34)29-10-9-19(32)15-30-38(35,36)24-8-7-18(28)13-21(24)27/h3-8,12-13,16,19,22,30,32H,9-11,14-15H2,1-2H3,(H,29,34)(H,31,33)/t19-,22-/m0/s1. The summed E-state index contributed by atoms with van der Waals surface area (Å²) in [5.41, 5.74) is 0. The van der Waals surface area contributed by atoms with Gasteiger partial charge in [0.1, 0.15) is 16.8 Å². The van der Waals surface area contributed by atoms with Crippen molar-refractivity contribution in [3.05, 3.63) is 64.2 Å². The molecule has 0 spiro atoms. The molecule has 2 aromatic carbocycles. The molecular weight excluding hydrogens is 553 g/mol. The Morgan fingerprint density at radius 2 is 1.87 bits per heavy atom. The smallest absolute Gasteiger partial charge is 0.242 e. The molecule has 2 atom stereocenters. The molecule has 8 nitrogen and oxygen atoms in total. The van der Waals surface area contributed by atoms with Gasteiger partial charge in [-0.1, -0.05) is 43.6 Å². The van der Waals surface area contributed by atoms with Crippen molar-refractivity contribution in [2.45, 2.75) is 50.2 Å². The van der Waals surface area contributed by atoms with E-state index in [0.29, 0.717) is 6.42 Å². The third-order valence-electron chi connectivity index (χ3n) is 5.64. The van der Waals surface area contributed by atoms with Crippen molar-refractivity contribution < 1.29 is 27.5 Å². The predicted octanol–water partition coefficient (Wildman–Crippen LogP) is 3.61. The number of thiophene rings is 1. The third-order valence-corrected chi connectivity index (χ3v) is 8.66. The van der Waals surface area contributed by atoms with Gasteiger partial charge in [0.25, 0.3) is 0 Å². The van der Waals surface area contributed by atoms with Crippen LogP contribution in [0.4, 0.5) is 4.39 Å². The summed E-state index contributed by atoms with van der Waals surface area (Å²) in [7, 11) is -4.06. The Balaban J connectivity index is 1.48.